The minimum Gasteiger partial charge on any atom is -0.493 e. The number of pyridine rings is 2. The highest BCUT2D eigenvalue weighted by molar-refractivity contribution is 9.09. The molecule has 0 spiro atoms. The van der Waals surface area contributed by atoms with E-state index in [1.54, 1.807) is 13.2 Å². The number of ether oxygens (including phenoxy) is 2. The number of unbranched alkanes of at least 4 members (excludes halogenated alkanes) is 1. The second-order valence-electron chi connectivity index (χ2n) is 5.91. The van der Waals surface area contributed by atoms with Gasteiger partial charge in [-0.25, -0.2) is 0 Å². The van der Waals surface area contributed by atoms with Crippen LogP contribution in [0.1, 0.15) is 12.8 Å². The third kappa shape index (κ3) is 4.54. The van der Waals surface area contributed by atoms with E-state index in [2.05, 4.69) is 31.2 Å². The van der Waals surface area contributed by atoms with Gasteiger partial charge >= 0.3 is 0 Å². The van der Waals surface area contributed by atoms with Crippen molar-refractivity contribution in [3.8, 4) is 11.5 Å². The molecule has 6 nitrogen and oxygen atoms in total. The first kappa shape index (κ1) is 20.8. The van der Waals surface area contributed by atoms with Crippen molar-refractivity contribution < 1.29 is 9.47 Å². The lowest BCUT2D eigenvalue weighted by Gasteiger charge is -2.16. The lowest BCUT2D eigenvalue weighted by Crippen LogP contribution is -2.09. The zero-order chi connectivity index (χ0) is 20.1. The quantitative estimate of drug-likeness (QED) is 0.323. The number of benzene rings is 1. The molecule has 3 aromatic rings. The SMILES string of the molecule is COc1ccc2c(Nc3c(Cl)cncc3Cl)cc(=O)[nH]c2c1OCCCCBr. The van der Waals surface area contributed by atoms with E-state index in [4.69, 9.17) is 32.7 Å². The van der Waals surface area contributed by atoms with Crippen LogP contribution in [0.5, 0.6) is 11.5 Å². The summed E-state index contributed by atoms with van der Waals surface area (Å²) in [7, 11) is 1.56. The van der Waals surface area contributed by atoms with Crippen LogP contribution in [0.25, 0.3) is 10.9 Å². The average molecular weight is 487 g/mol. The Morgan fingerprint density at radius 2 is 1.96 bits per heavy atom. The fraction of sp³-hybridized carbons (Fsp3) is 0.263. The Morgan fingerprint density at radius 3 is 2.64 bits per heavy atom. The van der Waals surface area contributed by atoms with Gasteiger partial charge in [0.1, 0.15) is 0 Å². The number of aromatic nitrogens is 2. The molecule has 3 rings (SSSR count). The van der Waals surface area contributed by atoms with Gasteiger partial charge in [0.2, 0.25) is 0 Å². The molecule has 2 heterocycles. The Balaban J connectivity index is 2.08. The van der Waals surface area contributed by atoms with E-state index in [0.717, 1.165) is 23.6 Å². The maximum absolute atomic E-state index is 12.3. The normalized spacial score (nSPS) is 10.9. The molecule has 0 saturated heterocycles. The van der Waals surface area contributed by atoms with Crippen molar-refractivity contribution in [1.82, 2.24) is 9.97 Å². The van der Waals surface area contributed by atoms with Crippen LogP contribution >= 0.6 is 39.1 Å². The average Bonchev–Trinajstić information content (AvgIpc) is 2.68. The first-order chi connectivity index (χ1) is 13.5. The number of rotatable bonds is 8. The molecule has 0 radical (unpaired) electrons. The van der Waals surface area contributed by atoms with Crippen LogP contribution in [0, 0.1) is 0 Å². The van der Waals surface area contributed by atoms with Gasteiger partial charge in [-0.2, -0.15) is 0 Å². The van der Waals surface area contributed by atoms with Crippen molar-refractivity contribution >= 4 is 61.4 Å². The molecule has 0 aliphatic heterocycles. The van der Waals surface area contributed by atoms with Crippen LogP contribution in [-0.4, -0.2) is 29.0 Å². The van der Waals surface area contributed by atoms with Gasteiger partial charge in [-0.15, -0.1) is 0 Å². The maximum atomic E-state index is 12.3. The first-order valence-electron chi connectivity index (χ1n) is 8.54. The largest absolute Gasteiger partial charge is 0.493 e. The molecule has 0 saturated carbocycles. The zero-order valence-corrected chi connectivity index (χ0v) is 18.1. The van der Waals surface area contributed by atoms with Crippen LogP contribution in [0.2, 0.25) is 10.0 Å². The minimum absolute atomic E-state index is 0.296. The van der Waals surface area contributed by atoms with Crippen LogP contribution in [0.15, 0.2) is 35.4 Å². The van der Waals surface area contributed by atoms with Gasteiger partial charge in [0, 0.05) is 29.2 Å². The summed E-state index contributed by atoms with van der Waals surface area (Å²) in [6.45, 7) is 0.503. The summed E-state index contributed by atoms with van der Waals surface area (Å²) in [4.78, 5) is 19.1. The summed E-state index contributed by atoms with van der Waals surface area (Å²) in [5, 5.41) is 5.47. The van der Waals surface area contributed by atoms with Gasteiger partial charge in [0.05, 0.1) is 40.7 Å². The highest BCUT2D eigenvalue weighted by atomic mass is 79.9. The number of anilines is 2. The molecule has 28 heavy (non-hydrogen) atoms. The topological polar surface area (TPSA) is 76.2 Å². The third-order valence-corrected chi connectivity index (χ3v) is 5.18. The summed E-state index contributed by atoms with van der Waals surface area (Å²) in [6, 6.07) is 5.07. The van der Waals surface area contributed by atoms with E-state index in [1.165, 1.54) is 18.5 Å². The van der Waals surface area contributed by atoms with E-state index in [0.29, 0.717) is 45.0 Å². The predicted molar refractivity (Wildman–Crippen MR) is 117 cm³/mol. The Hall–Kier alpha value is -1.96. The third-order valence-electron chi connectivity index (χ3n) is 4.04. The minimum atomic E-state index is -0.296. The van der Waals surface area contributed by atoms with Crippen molar-refractivity contribution in [1.29, 1.82) is 0 Å². The number of hydrogen-bond donors (Lipinski definition) is 2. The van der Waals surface area contributed by atoms with Gasteiger partial charge in [0.15, 0.2) is 11.5 Å². The highest BCUT2D eigenvalue weighted by Crippen LogP contribution is 2.39. The highest BCUT2D eigenvalue weighted by Gasteiger charge is 2.16. The van der Waals surface area contributed by atoms with Gasteiger partial charge in [-0.1, -0.05) is 39.1 Å². The molecule has 0 fully saturated rings. The lowest BCUT2D eigenvalue weighted by atomic mass is 10.1. The molecular formula is C19H18BrCl2N3O3. The summed E-state index contributed by atoms with van der Waals surface area (Å²) >= 11 is 15.8. The Labute approximate surface area is 180 Å². The predicted octanol–water partition coefficient (Wildman–Crippen LogP) is 5.54. The molecule has 0 aliphatic rings. The van der Waals surface area contributed by atoms with E-state index in [-0.39, 0.29) is 5.56 Å². The number of nitrogens with zero attached hydrogens (tertiary/aromatic N) is 1. The summed E-state index contributed by atoms with van der Waals surface area (Å²) < 4.78 is 11.4. The summed E-state index contributed by atoms with van der Waals surface area (Å²) in [5.74, 6) is 1.03. The van der Waals surface area contributed by atoms with Crippen molar-refractivity contribution in [2.75, 3.05) is 24.4 Å². The molecule has 0 amide bonds. The number of halogens is 3. The van der Waals surface area contributed by atoms with Crippen molar-refractivity contribution in [2.24, 2.45) is 0 Å². The van der Waals surface area contributed by atoms with Crippen molar-refractivity contribution in [3.63, 3.8) is 0 Å². The molecule has 0 atom stereocenters. The monoisotopic (exact) mass is 485 g/mol. The standard InChI is InChI=1S/C19H18BrCl2N3O3/c1-27-15-5-4-11-14(24-18-12(21)9-23-10-13(18)22)8-16(26)25-17(11)19(15)28-7-3-2-6-20/h4-5,8-10H,2-3,6-7H2,1H3,(H2,23,24,25,26). The number of alkyl halides is 1. The molecule has 148 valence electrons. The van der Waals surface area contributed by atoms with Gasteiger partial charge in [-0.3, -0.25) is 9.78 Å². The fourth-order valence-electron chi connectivity index (χ4n) is 2.72. The maximum Gasteiger partial charge on any atom is 0.250 e. The molecule has 1 aromatic carbocycles. The molecule has 0 unspecified atom stereocenters. The van der Waals surface area contributed by atoms with E-state index in [1.807, 2.05) is 6.07 Å². The molecule has 2 aromatic heterocycles. The number of hydrogen-bond acceptors (Lipinski definition) is 5. The molecule has 0 aliphatic carbocycles. The summed E-state index contributed by atoms with van der Waals surface area (Å²) in [5.41, 5.74) is 1.26. The number of nitrogens with one attached hydrogen (secondary N) is 2. The molecule has 9 heteroatoms. The van der Waals surface area contributed by atoms with Crippen LogP contribution < -0.4 is 20.3 Å². The second kappa shape index (κ2) is 9.49. The van der Waals surface area contributed by atoms with Gasteiger partial charge in [0.25, 0.3) is 5.56 Å². The van der Waals surface area contributed by atoms with Crippen LogP contribution in [0.3, 0.4) is 0 Å². The number of methoxy groups -OCH3 is 1. The van der Waals surface area contributed by atoms with E-state index >= 15 is 0 Å². The Bertz CT molecular complexity index is 1020. The molecular weight excluding hydrogens is 469 g/mol. The number of fused-ring (bicyclic) bond motifs is 1. The second-order valence-corrected chi connectivity index (χ2v) is 7.52. The van der Waals surface area contributed by atoms with Crippen LogP contribution in [0.4, 0.5) is 11.4 Å². The van der Waals surface area contributed by atoms with Crippen LogP contribution in [-0.2, 0) is 0 Å². The van der Waals surface area contributed by atoms with Gasteiger partial charge in [-0.05, 0) is 25.0 Å². The van der Waals surface area contributed by atoms with E-state index < -0.39 is 0 Å². The van der Waals surface area contributed by atoms with Crippen molar-refractivity contribution in [2.45, 2.75) is 12.8 Å². The first-order valence-corrected chi connectivity index (χ1v) is 10.4. The Morgan fingerprint density at radius 1 is 1.21 bits per heavy atom. The summed E-state index contributed by atoms with van der Waals surface area (Å²) in [6.07, 6.45) is 4.81. The lowest BCUT2D eigenvalue weighted by molar-refractivity contribution is 0.292. The molecule has 2 N–H and O–H groups in total. The van der Waals surface area contributed by atoms with Crippen molar-refractivity contribution in [3.05, 3.63) is 51.0 Å². The molecule has 0 bridgehead atoms. The zero-order valence-electron chi connectivity index (χ0n) is 15.0. The fourth-order valence-corrected chi connectivity index (χ4v) is 3.58. The van der Waals surface area contributed by atoms with E-state index in [9.17, 15) is 4.79 Å². The van der Waals surface area contributed by atoms with Gasteiger partial charge < -0.3 is 19.8 Å². The Kier molecular flexibility index (Phi) is 7.04. The smallest absolute Gasteiger partial charge is 0.250 e. The number of H-pyrrole nitrogens is 1. The number of aromatic amines is 1.